The van der Waals surface area contributed by atoms with Crippen molar-refractivity contribution in [2.75, 3.05) is 42.1 Å². The molecule has 0 radical (unpaired) electrons. The normalized spacial score (nSPS) is 16.6. The SMILES string of the molecule is CC.CC1CCN(Sc2cccc3ccccc23)CCCN(c2ccc(C(=O)Nc3ccccc3N)cn2)CC1. The molecule has 0 aliphatic carbocycles. The zero-order valence-electron chi connectivity index (χ0n) is 23.8. The number of anilines is 3. The number of carbonyl (C=O) groups excluding carboxylic acids is 1. The predicted molar refractivity (Wildman–Crippen MR) is 171 cm³/mol. The zero-order chi connectivity index (χ0) is 28.3. The number of hydrogen-bond acceptors (Lipinski definition) is 6. The third-order valence-corrected chi connectivity index (χ3v) is 8.29. The van der Waals surface area contributed by atoms with Crippen LogP contribution in [-0.4, -0.2) is 41.4 Å². The van der Waals surface area contributed by atoms with Gasteiger partial charge in [0.2, 0.25) is 0 Å². The van der Waals surface area contributed by atoms with Crippen molar-refractivity contribution in [1.29, 1.82) is 0 Å². The molecule has 6 nitrogen and oxygen atoms in total. The Kier molecular flexibility index (Phi) is 10.8. The molecule has 1 fully saturated rings. The van der Waals surface area contributed by atoms with E-state index in [0.29, 0.717) is 22.9 Å². The Balaban J connectivity index is 0.00000181. The summed E-state index contributed by atoms with van der Waals surface area (Å²) in [5.74, 6) is 1.33. The molecule has 210 valence electrons. The van der Waals surface area contributed by atoms with E-state index in [2.05, 4.69) is 68.9 Å². The summed E-state index contributed by atoms with van der Waals surface area (Å²) in [4.78, 5) is 21.1. The van der Waals surface area contributed by atoms with E-state index in [1.807, 2.05) is 50.1 Å². The second-order valence-corrected chi connectivity index (χ2v) is 11.1. The van der Waals surface area contributed by atoms with Gasteiger partial charge < -0.3 is 16.0 Å². The van der Waals surface area contributed by atoms with Crippen LogP contribution in [0.15, 0.2) is 90.0 Å². The van der Waals surface area contributed by atoms with E-state index < -0.39 is 0 Å². The second-order valence-electron chi connectivity index (χ2n) is 9.97. The Labute approximate surface area is 243 Å². The number of aromatic nitrogens is 1. The van der Waals surface area contributed by atoms with E-state index in [4.69, 9.17) is 5.73 Å². The van der Waals surface area contributed by atoms with Gasteiger partial charge in [0.15, 0.2) is 0 Å². The van der Waals surface area contributed by atoms with Crippen LogP contribution in [0.2, 0.25) is 0 Å². The first kappa shape index (κ1) is 29.4. The fraction of sp³-hybridized carbons (Fsp3) is 0.333. The maximum atomic E-state index is 12.7. The number of carbonyl (C=O) groups is 1. The molecule has 4 aromatic rings. The number of fused-ring (bicyclic) bond motifs is 1. The molecule has 1 amide bonds. The molecular weight excluding hydrogens is 514 g/mol. The first-order chi connectivity index (χ1) is 19.6. The molecule has 5 rings (SSSR count). The van der Waals surface area contributed by atoms with Gasteiger partial charge >= 0.3 is 0 Å². The summed E-state index contributed by atoms with van der Waals surface area (Å²) in [6, 6.07) is 26.3. The van der Waals surface area contributed by atoms with Crippen LogP contribution >= 0.6 is 11.9 Å². The molecular formula is C33H41N5OS. The van der Waals surface area contributed by atoms with Crippen LogP contribution in [-0.2, 0) is 0 Å². The lowest BCUT2D eigenvalue weighted by Gasteiger charge is -2.30. The fourth-order valence-corrected chi connectivity index (χ4v) is 5.91. The number of para-hydroxylation sites is 2. The minimum atomic E-state index is -0.211. The number of nitrogens with zero attached hydrogens (tertiary/aromatic N) is 3. The van der Waals surface area contributed by atoms with E-state index >= 15 is 0 Å². The third kappa shape index (κ3) is 7.77. The molecule has 0 saturated carbocycles. The van der Waals surface area contributed by atoms with Gasteiger partial charge in [0, 0.05) is 37.3 Å². The van der Waals surface area contributed by atoms with E-state index in [-0.39, 0.29) is 5.91 Å². The summed E-state index contributed by atoms with van der Waals surface area (Å²) in [7, 11) is 0. The van der Waals surface area contributed by atoms with Gasteiger partial charge in [-0.25, -0.2) is 9.29 Å². The van der Waals surface area contributed by atoms with Gasteiger partial charge in [-0.15, -0.1) is 0 Å². The van der Waals surface area contributed by atoms with Crippen molar-refractivity contribution in [1.82, 2.24) is 9.29 Å². The molecule has 1 saturated heterocycles. The lowest BCUT2D eigenvalue weighted by molar-refractivity contribution is 0.102. The minimum Gasteiger partial charge on any atom is -0.397 e. The van der Waals surface area contributed by atoms with Crippen molar-refractivity contribution in [3.63, 3.8) is 0 Å². The number of nitrogens with one attached hydrogen (secondary N) is 1. The standard InChI is InChI=1S/C31H35N5OS.C2H6/c1-23-16-20-35(30-15-14-25(22-33-30)31(37)34-28-12-5-4-11-27(28)32)18-7-19-36(21-17-23)38-29-13-6-9-24-8-2-3-10-26(24)29;1-2/h2-6,8-15,22-23H,7,16-21,32H2,1H3,(H,34,37);1-2H3. The molecule has 1 atom stereocenters. The number of nitrogen functional groups attached to an aromatic ring is 1. The molecule has 3 N–H and O–H groups in total. The summed E-state index contributed by atoms with van der Waals surface area (Å²) in [5, 5.41) is 5.48. The van der Waals surface area contributed by atoms with Gasteiger partial charge in [0.25, 0.3) is 5.91 Å². The molecule has 40 heavy (non-hydrogen) atoms. The van der Waals surface area contributed by atoms with Gasteiger partial charge in [-0.05, 0) is 78.2 Å². The summed E-state index contributed by atoms with van der Waals surface area (Å²) in [6.45, 7) is 10.3. The van der Waals surface area contributed by atoms with Gasteiger partial charge in [-0.2, -0.15) is 0 Å². The molecule has 7 heteroatoms. The molecule has 1 aliphatic rings. The molecule has 2 heterocycles. The number of amides is 1. The molecule has 3 aromatic carbocycles. The first-order valence-corrected chi connectivity index (χ1v) is 15.1. The van der Waals surface area contributed by atoms with Crippen molar-refractivity contribution >= 4 is 45.8 Å². The van der Waals surface area contributed by atoms with E-state index in [0.717, 1.165) is 44.8 Å². The average Bonchev–Trinajstić information content (AvgIpc) is 3.00. The Bertz CT molecular complexity index is 1370. The number of benzene rings is 3. The van der Waals surface area contributed by atoms with E-state index in [1.54, 1.807) is 18.3 Å². The van der Waals surface area contributed by atoms with Crippen LogP contribution in [0, 0.1) is 5.92 Å². The quantitative estimate of drug-likeness (QED) is 0.194. The first-order valence-electron chi connectivity index (χ1n) is 14.3. The van der Waals surface area contributed by atoms with E-state index in [1.165, 1.54) is 22.1 Å². The number of hydrogen-bond donors (Lipinski definition) is 2. The summed E-state index contributed by atoms with van der Waals surface area (Å²) in [6.07, 6.45) is 4.99. The summed E-state index contributed by atoms with van der Waals surface area (Å²) in [5.41, 5.74) is 7.63. The number of nitrogens with two attached hydrogens (primary N) is 1. The topological polar surface area (TPSA) is 74.5 Å². The molecule has 0 spiro atoms. The Hall–Kier alpha value is -3.55. The maximum absolute atomic E-state index is 12.7. The summed E-state index contributed by atoms with van der Waals surface area (Å²) >= 11 is 1.88. The van der Waals surface area contributed by atoms with Crippen molar-refractivity contribution in [2.24, 2.45) is 5.92 Å². The molecule has 1 aliphatic heterocycles. The van der Waals surface area contributed by atoms with Crippen LogP contribution in [0.25, 0.3) is 10.8 Å². The smallest absolute Gasteiger partial charge is 0.257 e. The predicted octanol–water partition coefficient (Wildman–Crippen LogP) is 7.73. The maximum Gasteiger partial charge on any atom is 0.257 e. The Morgan fingerprint density at radius 2 is 1.65 bits per heavy atom. The van der Waals surface area contributed by atoms with Gasteiger partial charge in [0.05, 0.1) is 16.9 Å². The van der Waals surface area contributed by atoms with Crippen LogP contribution in [0.4, 0.5) is 17.2 Å². The van der Waals surface area contributed by atoms with Crippen molar-refractivity contribution in [3.05, 3.63) is 90.6 Å². The lowest BCUT2D eigenvalue weighted by atomic mass is 10.0. The van der Waals surface area contributed by atoms with Crippen molar-refractivity contribution in [3.8, 4) is 0 Å². The van der Waals surface area contributed by atoms with Gasteiger partial charge in [-0.1, -0.05) is 69.3 Å². The van der Waals surface area contributed by atoms with Gasteiger partial charge in [-0.3, -0.25) is 4.79 Å². The highest BCUT2D eigenvalue weighted by molar-refractivity contribution is 7.97. The number of rotatable bonds is 5. The monoisotopic (exact) mass is 555 g/mol. The largest absolute Gasteiger partial charge is 0.397 e. The zero-order valence-corrected chi connectivity index (χ0v) is 24.7. The minimum absolute atomic E-state index is 0.211. The van der Waals surface area contributed by atoms with Crippen molar-refractivity contribution < 1.29 is 4.79 Å². The molecule has 0 bridgehead atoms. The Morgan fingerprint density at radius 3 is 2.45 bits per heavy atom. The van der Waals surface area contributed by atoms with Gasteiger partial charge in [0.1, 0.15) is 5.82 Å². The fourth-order valence-electron chi connectivity index (χ4n) is 4.79. The highest BCUT2D eigenvalue weighted by Crippen LogP contribution is 2.31. The highest BCUT2D eigenvalue weighted by atomic mass is 32.2. The lowest BCUT2D eigenvalue weighted by Crippen LogP contribution is -2.32. The number of pyridine rings is 1. The van der Waals surface area contributed by atoms with Crippen LogP contribution in [0.1, 0.15) is 50.4 Å². The van der Waals surface area contributed by atoms with Crippen LogP contribution in [0.5, 0.6) is 0 Å². The highest BCUT2D eigenvalue weighted by Gasteiger charge is 2.18. The molecule has 1 aromatic heterocycles. The second kappa shape index (κ2) is 14.7. The van der Waals surface area contributed by atoms with Crippen molar-refractivity contribution in [2.45, 2.75) is 44.9 Å². The average molecular weight is 556 g/mol. The third-order valence-electron chi connectivity index (χ3n) is 7.12. The van der Waals surface area contributed by atoms with E-state index in [9.17, 15) is 4.79 Å². The van der Waals surface area contributed by atoms with Crippen LogP contribution in [0.3, 0.4) is 0 Å². The molecule has 1 unspecified atom stereocenters. The Morgan fingerprint density at radius 1 is 0.900 bits per heavy atom. The summed E-state index contributed by atoms with van der Waals surface area (Å²) < 4.78 is 2.53. The van der Waals surface area contributed by atoms with Crippen LogP contribution < -0.4 is 16.0 Å².